The van der Waals surface area contributed by atoms with Crippen LogP contribution in [0.25, 0.3) is 0 Å². The zero-order chi connectivity index (χ0) is 15.3. The van der Waals surface area contributed by atoms with Crippen LogP contribution < -0.4 is 10.2 Å². The number of quaternary nitrogens is 1. The summed E-state index contributed by atoms with van der Waals surface area (Å²) >= 11 is 0. The highest BCUT2D eigenvalue weighted by atomic mass is 16.2. The number of carbonyl (C=O) groups is 1. The van der Waals surface area contributed by atoms with Gasteiger partial charge in [-0.25, -0.2) is 0 Å². The third kappa shape index (κ3) is 3.70. The maximum atomic E-state index is 12.3. The number of amides is 1. The van der Waals surface area contributed by atoms with Crippen molar-refractivity contribution in [2.45, 2.75) is 50.4 Å². The Labute approximate surface area is 134 Å². The van der Waals surface area contributed by atoms with Gasteiger partial charge in [-0.15, -0.1) is 0 Å². The van der Waals surface area contributed by atoms with Gasteiger partial charge in [0.15, 0.2) is 6.54 Å². The van der Waals surface area contributed by atoms with Gasteiger partial charge in [0.25, 0.3) is 5.91 Å². The molecule has 22 heavy (non-hydrogen) atoms. The van der Waals surface area contributed by atoms with Crippen molar-refractivity contribution in [3.8, 4) is 0 Å². The molecule has 2 N–H and O–H groups in total. The second-order valence-electron chi connectivity index (χ2n) is 7.12. The molecule has 1 aliphatic carbocycles. The van der Waals surface area contributed by atoms with Crippen molar-refractivity contribution in [1.29, 1.82) is 0 Å². The summed E-state index contributed by atoms with van der Waals surface area (Å²) in [6, 6.07) is 10.8. The third-order valence-corrected chi connectivity index (χ3v) is 5.54. The van der Waals surface area contributed by atoms with Gasteiger partial charge in [0.05, 0.1) is 13.1 Å². The highest BCUT2D eigenvalue weighted by Crippen LogP contribution is 2.40. The van der Waals surface area contributed by atoms with E-state index in [-0.39, 0.29) is 11.3 Å². The molecule has 0 atom stereocenters. The summed E-state index contributed by atoms with van der Waals surface area (Å²) < 4.78 is 0. The van der Waals surface area contributed by atoms with Crippen molar-refractivity contribution < 1.29 is 9.69 Å². The molecule has 1 heterocycles. The van der Waals surface area contributed by atoms with Gasteiger partial charge in [-0.05, 0) is 37.7 Å². The van der Waals surface area contributed by atoms with Gasteiger partial charge in [-0.2, -0.15) is 0 Å². The molecule has 0 unspecified atom stereocenters. The molecule has 2 fully saturated rings. The van der Waals surface area contributed by atoms with E-state index in [9.17, 15) is 4.79 Å². The Morgan fingerprint density at radius 3 is 2.36 bits per heavy atom. The fourth-order valence-electron chi connectivity index (χ4n) is 4.20. The van der Waals surface area contributed by atoms with Crippen LogP contribution in [-0.4, -0.2) is 32.1 Å². The average Bonchev–Trinajstić information content (AvgIpc) is 3.05. The topological polar surface area (TPSA) is 33.5 Å². The zero-order valence-corrected chi connectivity index (χ0v) is 13.6. The van der Waals surface area contributed by atoms with E-state index >= 15 is 0 Å². The molecule has 0 radical (unpaired) electrons. The maximum absolute atomic E-state index is 12.3. The molecule has 120 valence electrons. The summed E-state index contributed by atoms with van der Waals surface area (Å²) in [5, 5.41) is 3.25. The predicted octanol–water partition coefficient (Wildman–Crippen LogP) is 1.68. The standard InChI is InChI=1S/C19H28N2O/c22-18(15-21-13-7-2-8-14-21)20-16-19(11-5-6-12-19)17-9-3-1-4-10-17/h1,3-4,9-10H,2,5-8,11-16H2,(H,20,22)/p+1. The summed E-state index contributed by atoms with van der Waals surface area (Å²) in [6.45, 7) is 3.79. The van der Waals surface area contributed by atoms with Crippen LogP contribution in [0.2, 0.25) is 0 Å². The van der Waals surface area contributed by atoms with Gasteiger partial charge in [0, 0.05) is 12.0 Å². The summed E-state index contributed by atoms with van der Waals surface area (Å²) in [6.07, 6.45) is 8.85. The van der Waals surface area contributed by atoms with Gasteiger partial charge >= 0.3 is 0 Å². The van der Waals surface area contributed by atoms with E-state index < -0.39 is 0 Å². The van der Waals surface area contributed by atoms with Crippen LogP contribution in [0, 0.1) is 0 Å². The lowest BCUT2D eigenvalue weighted by Crippen LogP contribution is -3.13. The summed E-state index contributed by atoms with van der Waals surface area (Å²) in [5.41, 5.74) is 1.58. The zero-order valence-electron chi connectivity index (χ0n) is 13.6. The van der Waals surface area contributed by atoms with Crippen LogP contribution in [0.1, 0.15) is 50.5 Å². The van der Waals surface area contributed by atoms with E-state index in [1.54, 1.807) is 0 Å². The molecule has 1 saturated carbocycles. The summed E-state index contributed by atoms with van der Waals surface area (Å²) in [4.78, 5) is 13.8. The number of likely N-dealkylation sites (tertiary alicyclic amines) is 1. The van der Waals surface area contributed by atoms with Crippen LogP contribution in [0.3, 0.4) is 0 Å². The van der Waals surface area contributed by atoms with E-state index in [1.807, 2.05) is 0 Å². The fraction of sp³-hybridized carbons (Fsp3) is 0.632. The third-order valence-electron chi connectivity index (χ3n) is 5.54. The van der Waals surface area contributed by atoms with E-state index in [2.05, 4.69) is 35.6 Å². The Hall–Kier alpha value is -1.35. The van der Waals surface area contributed by atoms with Crippen LogP contribution >= 0.6 is 0 Å². The number of piperidine rings is 1. The Bertz CT molecular complexity index is 473. The SMILES string of the molecule is O=C(C[NH+]1CCCCC1)NCC1(c2ccccc2)CCCC1. The second kappa shape index (κ2) is 7.28. The number of carbonyl (C=O) groups excluding carboxylic acids is 1. The van der Waals surface area contributed by atoms with Crippen molar-refractivity contribution >= 4 is 5.91 Å². The minimum Gasteiger partial charge on any atom is -0.350 e. The second-order valence-corrected chi connectivity index (χ2v) is 7.12. The summed E-state index contributed by atoms with van der Waals surface area (Å²) in [7, 11) is 0. The Morgan fingerprint density at radius 1 is 1.00 bits per heavy atom. The molecular weight excluding hydrogens is 272 g/mol. The molecule has 1 aromatic carbocycles. The largest absolute Gasteiger partial charge is 0.350 e. The molecule has 1 aliphatic heterocycles. The molecule has 1 amide bonds. The van der Waals surface area contributed by atoms with E-state index in [0.29, 0.717) is 6.54 Å². The highest BCUT2D eigenvalue weighted by molar-refractivity contribution is 5.77. The van der Waals surface area contributed by atoms with Crippen molar-refractivity contribution in [2.24, 2.45) is 0 Å². The first-order valence-electron chi connectivity index (χ1n) is 8.94. The number of nitrogens with one attached hydrogen (secondary N) is 2. The molecular formula is C19H29N2O+. The number of benzene rings is 1. The van der Waals surface area contributed by atoms with Gasteiger partial charge in [0.1, 0.15) is 0 Å². The van der Waals surface area contributed by atoms with Crippen molar-refractivity contribution in [3.05, 3.63) is 35.9 Å². The summed E-state index contributed by atoms with van der Waals surface area (Å²) in [5.74, 6) is 0.235. The van der Waals surface area contributed by atoms with Crippen molar-refractivity contribution in [2.75, 3.05) is 26.2 Å². The molecule has 0 bridgehead atoms. The Balaban J connectivity index is 1.57. The number of hydrogen-bond acceptors (Lipinski definition) is 1. The number of rotatable bonds is 5. The predicted molar refractivity (Wildman–Crippen MR) is 89.0 cm³/mol. The number of hydrogen-bond donors (Lipinski definition) is 2. The smallest absolute Gasteiger partial charge is 0.275 e. The first kappa shape index (κ1) is 15.5. The molecule has 1 saturated heterocycles. The molecule has 1 aromatic rings. The van der Waals surface area contributed by atoms with E-state index in [0.717, 1.165) is 19.6 Å². The minimum absolute atomic E-state index is 0.175. The molecule has 3 nitrogen and oxygen atoms in total. The van der Waals surface area contributed by atoms with Gasteiger partial charge in [0.2, 0.25) is 0 Å². The van der Waals surface area contributed by atoms with Gasteiger partial charge in [-0.1, -0.05) is 43.2 Å². The van der Waals surface area contributed by atoms with E-state index in [1.165, 1.54) is 55.4 Å². The molecule has 3 rings (SSSR count). The lowest BCUT2D eigenvalue weighted by molar-refractivity contribution is -0.896. The van der Waals surface area contributed by atoms with Crippen molar-refractivity contribution in [3.63, 3.8) is 0 Å². The lowest BCUT2D eigenvalue weighted by Gasteiger charge is -2.30. The molecule has 2 aliphatic rings. The van der Waals surface area contributed by atoms with Crippen LogP contribution in [0.15, 0.2) is 30.3 Å². The van der Waals surface area contributed by atoms with Crippen LogP contribution in [0.4, 0.5) is 0 Å². The first-order chi connectivity index (χ1) is 10.8. The monoisotopic (exact) mass is 301 g/mol. The average molecular weight is 301 g/mol. The lowest BCUT2D eigenvalue weighted by atomic mass is 9.79. The van der Waals surface area contributed by atoms with Crippen LogP contribution in [-0.2, 0) is 10.2 Å². The van der Waals surface area contributed by atoms with E-state index in [4.69, 9.17) is 0 Å². The Morgan fingerprint density at radius 2 is 1.68 bits per heavy atom. The fourth-order valence-corrected chi connectivity index (χ4v) is 4.20. The van der Waals surface area contributed by atoms with Gasteiger partial charge in [-0.3, -0.25) is 4.79 Å². The maximum Gasteiger partial charge on any atom is 0.275 e. The Kier molecular flexibility index (Phi) is 5.14. The molecule has 0 aromatic heterocycles. The molecule has 3 heteroatoms. The highest BCUT2D eigenvalue weighted by Gasteiger charge is 2.35. The normalized spacial score (nSPS) is 21.6. The van der Waals surface area contributed by atoms with Crippen LogP contribution in [0.5, 0.6) is 0 Å². The minimum atomic E-state index is 0.175. The van der Waals surface area contributed by atoms with Crippen molar-refractivity contribution in [1.82, 2.24) is 5.32 Å². The quantitative estimate of drug-likeness (QED) is 0.852. The van der Waals surface area contributed by atoms with Gasteiger partial charge < -0.3 is 10.2 Å². The molecule has 0 spiro atoms. The first-order valence-corrected chi connectivity index (χ1v) is 8.94.